The van der Waals surface area contributed by atoms with Crippen molar-refractivity contribution in [3.05, 3.63) is 24.4 Å². The highest BCUT2D eigenvalue weighted by atomic mass is 16.5. The van der Waals surface area contributed by atoms with Crippen molar-refractivity contribution in [2.45, 2.75) is 46.0 Å². The maximum atomic E-state index is 12.5. The molecule has 2 amide bonds. The van der Waals surface area contributed by atoms with Gasteiger partial charge in [-0.1, -0.05) is 13.8 Å². The summed E-state index contributed by atoms with van der Waals surface area (Å²) in [5.74, 6) is 2.98. The van der Waals surface area contributed by atoms with E-state index >= 15 is 0 Å². The van der Waals surface area contributed by atoms with Gasteiger partial charge in [0, 0.05) is 63.0 Å². The minimum Gasteiger partial charge on any atom is -0.493 e. The molecule has 2 atom stereocenters. The number of hydrogen-bond acceptors (Lipinski definition) is 9. The van der Waals surface area contributed by atoms with Crippen LogP contribution in [-0.2, 0) is 9.59 Å². The Labute approximate surface area is 231 Å². The van der Waals surface area contributed by atoms with Crippen LogP contribution in [0.15, 0.2) is 24.4 Å². The van der Waals surface area contributed by atoms with Gasteiger partial charge in [-0.25, -0.2) is 4.98 Å². The second kappa shape index (κ2) is 15.0. The van der Waals surface area contributed by atoms with Gasteiger partial charge in [0.15, 0.2) is 11.5 Å². The predicted molar refractivity (Wildman–Crippen MR) is 151 cm³/mol. The number of benzene rings is 1. The van der Waals surface area contributed by atoms with Crippen molar-refractivity contribution in [3.8, 4) is 17.2 Å². The number of methoxy groups -OCH3 is 3. The summed E-state index contributed by atoms with van der Waals surface area (Å²) in [6, 6.07) is 5.43. The van der Waals surface area contributed by atoms with Gasteiger partial charge >= 0.3 is 0 Å². The predicted octanol–water partition coefficient (Wildman–Crippen LogP) is 3.52. The van der Waals surface area contributed by atoms with Crippen LogP contribution in [0.1, 0.15) is 46.0 Å². The van der Waals surface area contributed by atoms with Gasteiger partial charge in [-0.15, -0.1) is 0 Å². The zero-order valence-electron chi connectivity index (χ0n) is 23.7. The van der Waals surface area contributed by atoms with Gasteiger partial charge in [0.1, 0.15) is 5.82 Å². The molecule has 0 aliphatic carbocycles. The van der Waals surface area contributed by atoms with E-state index in [0.29, 0.717) is 67.9 Å². The first-order valence-corrected chi connectivity index (χ1v) is 13.6. The van der Waals surface area contributed by atoms with Crippen LogP contribution in [0.5, 0.6) is 17.2 Å². The zero-order chi connectivity index (χ0) is 28.2. The lowest BCUT2D eigenvalue weighted by molar-refractivity contribution is -0.122. The summed E-state index contributed by atoms with van der Waals surface area (Å²) < 4.78 is 16.3. The van der Waals surface area contributed by atoms with Gasteiger partial charge in [-0.05, 0) is 37.2 Å². The fourth-order valence-corrected chi connectivity index (χ4v) is 4.87. The maximum absolute atomic E-state index is 12.5. The highest BCUT2D eigenvalue weighted by Gasteiger charge is 2.31. The standard InChI is InChI=1S/C28H42N6O5/c1-6-9-29-25(35)13-19-12-20(14-26(36)30-10-7-2)18-34(17-19)24-8-11-31-28(33-24)32-21-15-22(37-3)27(39-5)23(16-21)38-4/h8,11,15-16,19-20H,6-7,9-10,12-14,17-18H2,1-5H3,(H,29,35)(H,30,36)(H,31,32,33)/t19-,20+. The van der Waals surface area contributed by atoms with E-state index in [1.54, 1.807) is 39.7 Å². The van der Waals surface area contributed by atoms with E-state index in [9.17, 15) is 9.59 Å². The van der Waals surface area contributed by atoms with E-state index < -0.39 is 0 Å². The van der Waals surface area contributed by atoms with Gasteiger partial charge < -0.3 is 35.1 Å². The SMILES string of the molecule is CCCNC(=O)C[C@@H]1C[C@H](CC(=O)NCCC)CN(c2ccnc(Nc3cc(OC)c(OC)c(OC)c3)n2)C1. The molecule has 214 valence electrons. The van der Waals surface area contributed by atoms with Gasteiger partial charge in [0.05, 0.1) is 21.3 Å². The zero-order valence-corrected chi connectivity index (χ0v) is 23.7. The van der Waals surface area contributed by atoms with Crippen LogP contribution in [0.2, 0.25) is 0 Å². The van der Waals surface area contributed by atoms with Crippen LogP contribution in [0.4, 0.5) is 17.5 Å². The Bertz CT molecular complexity index is 1040. The third kappa shape index (κ3) is 8.62. The molecule has 1 saturated heterocycles. The number of amides is 2. The van der Waals surface area contributed by atoms with Gasteiger partial charge in [0.2, 0.25) is 23.5 Å². The summed E-state index contributed by atoms with van der Waals surface area (Å²) in [6.07, 6.45) is 5.15. The van der Waals surface area contributed by atoms with Crippen LogP contribution in [-0.4, -0.2) is 69.3 Å². The number of hydrogen-bond donors (Lipinski definition) is 3. The molecule has 2 heterocycles. The molecular formula is C28H42N6O5. The second-order valence-corrected chi connectivity index (χ2v) is 9.76. The topological polar surface area (TPSA) is 127 Å². The largest absolute Gasteiger partial charge is 0.493 e. The number of ether oxygens (including phenoxy) is 3. The molecule has 3 N–H and O–H groups in total. The Hall–Kier alpha value is -3.76. The molecule has 1 aliphatic heterocycles. The summed E-state index contributed by atoms with van der Waals surface area (Å²) in [6.45, 7) is 6.75. The Morgan fingerprint density at radius 2 is 1.49 bits per heavy atom. The minimum absolute atomic E-state index is 0.0466. The maximum Gasteiger partial charge on any atom is 0.229 e. The summed E-state index contributed by atoms with van der Waals surface area (Å²) in [5.41, 5.74) is 0.677. The average molecular weight is 543 g/mol. The Kier molecular flexibility index (Phi) is 11.4. The Morgan fingerprint density at radius 1 is 0.923 bits per heavy atom. The summed E-state index contributed by atoms with van der Waals surface area (Å²) in [4.78, 5) is 36.3. The molecule has 1 aromatic heterocycles. The number of piperidine rings is 1. The molecule has 11 nitrogen and oxygen atoms in total. The number of rotatable bonds is 14. The fraction of sp³-hybridized carbons (Fsp3) is 0.571. The first-order chi connectivity index (χ1) is 18.9. The fourth-order valence-electron chi connectivity index (χ4n) is 4.87. The van der Waals surface area contributed by atoms with Crippen LogP contribution >= 0.6 is 0 Å². The van der Waals surface area contributed by atoms with Crippen molar-refractivity contribution in [3.63, 3.8) is 0 Å². The number of nitrogens with one attached hydrogen (secondary N) is 3. The Morgan fingerprint density at radius 3 is 1.97 bits per heavy atom. The van der Waals surface area contributed by atoms with E-state index in [2.05, 4.69) is 25.8 Å². The molecule has 39 heavy (non-hydrogen) atoms. The molecular weight excluding hydrogens is 500 g/mol. The molecule has 0 radical (unpaired) electrons. The first-order valence-electron chi connectivity index (χ1n) is 13.6. The monoisotopic (exact) mass is 542 g/mol. The van der Waals surface area contributed by atoms with Gasteiger partial charge in [-0.3, -0.25) is 9.59 Å². The molecule has 11 heteroatoms. The summed E-state index contributed by atoms with van der Waals surface area (Å²) in [7, 11) is 4.68. The van der Waals surface area contributed by atoms with Crippen molar-refractivity contribution in [2.75, 3.05) is 57.7 Å². The van der Waals surface area contributed by atoms with Crippen molar-refractivity contribution >= 4 is 29.3 Å². The third-order valence-electron chi connectivity index (χ3n) is 6.60. The smallest absolute Gasteiger partial charge is 0.229 e. The van der Waals surface area contributed by atoms with E-state index in [1.165, 1.54) is 0 Å². The number of anilines is 3. The van der Waals surface area contributed by atoms with Crippen molar-refractivity contribution < 1.29 is 23.8 Å². The molecule has 0 bridgehead atoms. The molecule has 0 unspecified atom stereocenters. The highest BCUT2D eigenvalue weighted by molar-refractivity contribution is 5.77. The lowest BCUT2D eigenvalue weighted by atomic mass is 9.85. The molecule has 1 aromatic carbocycles. The molecule has 0 saturated carbocycles. The number of nitrogens with zero attached hydrogens (tertiary/aromatic N) is 3. The first kappa shape index (κ1) is 29.8. The van der Waals surface area contributed by atoms with Gasteiger partial charge in [0.25, 0.3) is 0 Å². The molecule has 2 aromatic rings. The highest BCUT2D eigenvalue weighted by Crippen LogP contribution is 2.40. The molecule has 1 fully saturated rings. The van der Waals surface area contributed by atoms with E-state index in [-0.39, 0.29) is 23.7 Å². The van der Waals surface area contributed by atoms with Crippen LogP contribution in [0.25, 0.3) is 0 Å². The quantitative estimate of drug-likeness (QED) is 0.329. The van der Waals surface area contributed by atoms with E-state index in [1.807, 2.05) is 19.9 Å². The van der Waals surface area contributed by atoms with Crippen LogP contribution in [0, 0.1) is 11.8 Å². The van der Waals surface area contributed by atoms with Gasteiger partial charge in [-0.2, -0.15) is 4.98 Å². The third-order valence-corrected chi connectivity index (χ3v) is 6.60. The average Bonchev–Trinajstić information content (AvgIpc) is 2.94. The van der Waals surface area contributed by atoms with Crippen LogP contribution < -0.4 is 35.1 Å². The molecule has 3 rings (SSSR count). The number of aromatic nitrogens is 2. The van der Waals surface area contributed by atoms with Crippen molar-refractivity contribution in [1.82, 2.24) is 20.6 Å². The summed E-state index contributed by atoms with van der Waals surface area (Å²) >= 11 is 0. The van der Waals surface area contributed by atoms with E-state index in [0.717, 1.165) is 25.1 Å². The lowest BCUT2D eigenvalue weighted by Gasteiger charge is -2.38. The molecule has 1 aliphatic rings. The molecule has 0 spiro atoms. The minimum atomic E-state index is 0.0466. The van der Waals surface area contributed by atoms with Crippen molar-refractivity contribution in [2.24, 2.45) is 11.8 Å². The van der Waals surface area contributed by atoms with E-state index in [4.69, 9.17) is 19.2 Å². The summed E-state index contributed by atoms with van der Waals surface area (Å²) in [5, 5.41) is 9.18. The lowest BCUT2D eigenvalue weighted by Crippen LogP contribution is -2.44. The second-order valence-electron chi connectivity index (χ2n) is 9.76. The number of carbonyl (C=O) groups is 2. The van der Waals surface area contributed by atoms with Crippen LogP contribution in [0.3, 0.4) is 0 Å². The van der Waals surface area contributed by atoms with Crippen molar-refractivity contribution in [1.29, 1.82) is 0 Å². The normalized spacial score (nSPS) is 16.8. The Balaban J connectivity index is 1.80. The number of carbonyl (C=O) groups excluding carboxylic acids is 2.